The number of rotatable bonds is 8. The molecule has 4 heterocycles. The van der Waals surface area contributed by atoms with Gasteiger partial charge < -0.3 is 19.9 Å². The quantitative estimate of drug-likeness (QED) is 0.278. The highest BCUT2D eigenvalue weighted by Crippen LogP contribution is 2.37. The molecule has 14 heteroatoms. The van der Waals surface area contributed by atoms with Crippen LogP contribution in [0.5, 0.6) is 5.75 Å². The first-order valence-corrected chi connectivity index (χ1v) is 13.7. The third kappa shape index (κ3) is 6.11. The lowest BCUT2D eigenvalue weighted by atomic mass is 10.1. The molecule has 1 saturated heterocycles. The van der Waals surface area contributed by atoms with E-state index in [0.717, 1.165) is 5.69 Å². The number of fused-ring (bicyclic) bond motifs is 1. The lowest BCUT2D eigenvalue weighted by Crippen LogP contribution is -2.49. The van der Waals surface area contributed by atoms with E-state index >= 15 is 0 Å². The lowest BCUT2D eigenvalue weighted by molar-refractivity contribution is -0.132. The van der Waals surface area contributed by atoms with Gasteiger partial charge in [0.2, 0.25) is 5.91 Å². The molecule has 1 N–H and O–H groups in total. The molecule has 3 aromatic heterocycles. The summed E-state index contributed by atoms with van der Waals surface area (Å²) in [5.41, 5.74) is 1.96. The van der Waals surface area contributed by atoms with Crippen LogP contribution in [0.3, 0.4) is 0 Å². The molecule has 2 aromatic carbocycles. The summed E-state index contributed by atoms with van der Waals surface area (Å²) >= 11 is 6.21. The maximum absolute atomic E-state index is 13.3. The van der Waals surface area contributed by atoms with Crippen LogP contribution in [0.4, 0.5) is 20.2 Å². The molecule has 5 aromatic rings. The molecule has 1 aliphatic heterocycles. The predicted octanol–water partition coefficient (Wildman–Crippen LogP) is 4.45. The number of benzene rings is 2. The van der Waals surface area contributed by atoms with Crippen molar-refractivity contribution in [2.24, 2.45) is 0 Å². The maximum Gasteiger partial charge on any atom is 0.387 e. The molecule has 0 unspecified atom stereocenters. The van der Waals surface area contributed by atoms with Gasteiger partial charge in [-0.1, -0.05) is 29.8 Å². The van der Waals surface area contributed by atoms with E-state index < -0.39 is 12.5 Å². The van der Waals surface area contributed by atoms with Crippen LogP contribution in [-0.2, 0) is 11.3 Å². The van der Waals surface area contributed by atoms with Crippen LogP contribution >= 0.6 is 11.6 Å². The maximum atomic E-state index is 13.3. The van der Waals surface area contributed by atoms with Crippen molar-refractivity contribution in [2.75, 3.05) is 36.4 Å². The Hall–Kier alpha value is -5.04. The van der Waals surface area contributed by atoms with Gasteiger partial charge in [-0.15, -0.1) is 0 Å². The Morgan fingerprint density at radius 3 is 2.60 bits per heavy atom. The van der Waals surface area contributed by atoms with Crippen molar-refractivity contribution in [3.05, 3.63) is 90.0 Å². The summed E-state index contributed by atoms with van der Waals surface area (Å²) < 4.78 is 34.0. The van der Waals surface area contributed by atoms with Crippen LogP contribution in [0.1, 0.15) is 10.4 Å². The van der Waals surface area contributed by atoms with E-state index in [4.69, 9.17) is 16.3 Å². The van der Waals surface area contributed by atoms with Gasteiger partial charge in [0.25, 0.3) is 5.91 Å². The SMILES string of the molecule is O=C(Nc1cn(CC(=O)N2CCN(c3ccccc3)CC2)nc1-c1cc(Cl)ccc1OC(F)F)c1cnn2cccnc12. The van der Waals surface area contributed by atoms with Crippen LogP contribution < -0.4 is 15.0 Å². The van der Waals surface area contributed by atoms with Gasteiger partial charge in [0, 0.05) is 61.0 Å². The third-order valence-corrected chi connectivity index (χ3v) is 7.23. The number of nitrogens with one attached hydrogen (secondary N) is 1. The highest BCUT2D eigenvalue weighted by molar-refractivity contribution is 6.31. The molecular formula is C29H25ClF2N8O3. The number of para-hydroxylation sites is 1. The number of carbonyl (C=O) groups excluding carboxylic acids is 2. The summed E-state index contributed by atoms with van der Waals surface area (Å²) in [5, 5.41) is 11.7. The van der Waals surface area contributed by atoms with Crippen molar-refractivity contribution in [1.29, 1.82) is 0 Å². The summed E-state index contributed by atoms with van der Waals surface area (Å²) in [4.78, 5) is 34.8. The Morgan fingerprint density at radius 1 is 1.05 bits per heavy atom. The fourth-order valence-electron chi connectivity index (χ4n) is 4.95. The minimum absolute atomic E-state index is 0.0950. The molecule has 6 rings (SSSR count). The smallest absolute Gasteiger partial charge is 0.387 e. The van der Waals surface area contributed by atoms with Gasteiger partial charge in [0.15, 0.2) is 5.65 Å². The summed E-state index contributed by atoms with van der Waals surface area (Å²) in [6.07, 6.45) is 6.01. The normalized spacial score (nSPS) is 13.5. The molecule has 220 valence electrons. The second kappa shape index (κ2) is 12.1. The lowest BCUT2D eigenvalue weighted by Gasteiger charge is -2.36. The zero-order valence-electron chi connectivity index (χ0n) is 22.6. The van der Waals surface area contributed by atoms with Gasteiger partial charge in [-0.2, -0.15) is 19.0 Å². The second-order valence-electron chi connectivity index (χ2n) is 9.71. The number of hydrogen-bond acceptors (Lipinski definition) is 7. The number of nitrogens with zero attached hydrogens (tertiary/aromatic N) is 7. The number of alkyl halides is 2. The van der Waals surface area contributed by atoms with Gasteiger partial charge in [0.05, 0.1) is 11.9 Å². The van der Waals surface area contributed by atoms with Gasteiger partial charge in [-0.3, -0.25) is 14.3 Å². The summed E-state index contributed by atoms with van der Waals surface area (Å²) in [6.45, 7) is -0.862. The van der Waals surface area contributed by atoms with E-state index in [1.807, 2.05) is 30.3 Å². The van der Waals surface area contributed by atoms with E-state index in [9.17, 15) is 18.4 Å². The largest absolute Gasteiger partial charge is 0.434 e. The van der Waals surface area contributed by atoms with Crippen molar-refractivity contribution < 1.29 is 23.1 Å². The van der Waals surface area contributed by atoms with Crippen molar-refractivity contribution in [3.8, 4) is 17.0 Å². The molecule has 0 radical (unpaired) electrons. The first kappa shape index (κ1) is 28.1. The van der Waals surface area contributed by atoms with E-state index in [1.165, 1.54) is 46.0 Å². The first-order chi connectivity index (χ1) is 20.9. The summed E-state index contributed by atoms with van der Waals surface area (Å²) in [5.74, 6) is -0.931. The topological polar surface area (TPSA) is 110 Å². The fraction of sp³-hybridized carbons (Fsp3) is 0.207. The molecule has 0 saturated carbocycles. The Labute approximate surface area is 249 Å². The fourth-order valence-corrected chi connectivity index (χ4v) is 5.12. The van der Waals surface area contributed by atoms with Crippen molar-refractivity contribution in [1.82, 2.24) is 29.3 Å². The minimum Gasteiger partial charge on any atom is -0.434 e. The summed E-state index contributed by atoms with van der Waals surface area (Å²) in [7, 11) is 0. The van der Waals surface area contributed by atoms with Crippen molar-refractivity contribution in [2.45, 2.75) is 13.2 Å². The zero-order chi connectivity index (χ0) is 29.9. The number of hydrogen-bond donors (Lipinski definition) is 1. The number of aromatic nitrogens is 5. The molecule has 1 aliphatic rings. The Kier molecular flexibility index (Phi) is 7.88. The highest BCUT2D eigenvalue weighted by Gasteiger charge is 2.25. The average molecular weight is 607 g/mol. The minimum atomic E-state index is -3.11. The van der Waals surface area contributed by atoms with Crippen LogP contribution in [0.25, 0.3) is 16.9 Å². The Bertz CT molecular complexity index is 1770. The molecule has 43 heavy (non-hydrogen) atoms. The Morgan fingerprint density at radius 2 is 1.84 bits per heavy atom. The highest BCUT2D eigenvalue weighted by atomic mass is 35.5. The van der Waals surface area contributed by atoms with Gasteiger partial charge >= 0.3 is 6.61 Å². The molecule has 11 nitrogen and oxygen atoms in total. The predicted molar refractivity (Wildman–Crippen MR) is 155 cm³/mol. The van der Waals surface area contributed by atoms with Gasteiger partial charge in [0.1, 0.15) is 23.6 Å². The van der Waals surface area contributed by atoms with Gasteiger partial charge in [-0.25, -0.2) is 9.50 Å². The molecule has 1 fully saturated rings. The van der Waals surface area contributed by atoms with E-state index in [-0.39, 0.29) is 45.7 Å². The zero-order valence-corrected chi connectivity index (χ0v) is 23.4. The van der Waals surface area contributed by atoms with E-state index in [1.54, 1.807) is 17.2 Å². The number of ether oxygens (including phenoxy) is 1. The van der Waals surface area contributed by atoms with Crippen LogP contribution in [0.2, 0.25) is 5.02 Å². The number of halogens is 3. The van der Waals surface area contributed by atoms with Crippen LogP contribution in [0, 0.1) is 0 Å². The third-order valence-electron chi connectivity index (χ3n) is 7.00. The van der Waals surface area contributed by atoms with Crippen molar-refractivity contribution in [3.63, 3.8) is 0 Å². The van der Waals surface area contributed by atoms with E-state index in [2.05, 4.69) is 25.4 Å². The van der Waals surface area contributed by atoms with Crippen LogP contribution in [0.15, 0.2) is 79.4 Å². The van der Waals surface area contributed by atoms with Crippen molar-refractivity contribution >= 4 is 40.4 Å². The standard InChI is InChI=1S/C29H25ClF2N8O3/c30-19-7-8-24(43-29(31)32)21(15-19)26-23(35-28(42)22-16-34-40-10-4-9-33-27(22)40)17-39(36-26)18-25(41)38-13-11-37(12-14-38)20-5-2-1-3-6-20/h1-10,15-17,29H,11-14,18H2,(H,35,42). The monoisotopic (exact) mass is 606 g/mol. The number of amides is 2. The second-order valence-corrected chi connectivity index (χ2v) is 10.1. The molecular weight excluding hydrogens is 582 g/mol. The number of carbonyl (C=O) groups is 2. The number of piperazine rings is 1. The summed E-state index contributed by atoms with van der Waals surface area (Å²) in [6, 6.07) is 15.7. The Balaban J connectivity index is 1.27. The molecule has 0 aliphatic carbocycles. The molecule has 0 spiro atoms. The molecule has 0 atom stereocenters. The van der Waals surface area contributed by atoms with Crippen LogP contribution in [-0.4, -0.2) is 73.9 Å². The average Bonchev–Trinajstić information content (AvgIpc) is 3.62. The van der Waals surface area contributed by atoms with Gasteiger partial charge in [-0.05, 0) is 36.4 Å². The first-order valence-electron chi connectivity index (χ1n) is 13.4. The molecule has 2 amide bonds. The number of anilines is 2. The molecule has 0 bridgehead atoms. The van der Waals surface area contributed by atoms with E-state index in [0.29, 0.717) is 31.8 Å².